The molecular formula is C20H36N2O3S. The van der Waals surface area contributed by atoms with Crippen molar-refractivity contribution in [2.45, 2.75) is 67.9 Å². The largest absolute Gasteiger partial charge is 0.468 e. The van der Waals surface area contributed by atoms with Crippen LogP contribution >= 0.6 is 11.9 Å². The number of carbonyl (C=O) groups excluding carboxylic acids is 2. The highest BCUT2D eigenvalue weighted by Crippen LogP contribution is 2.20. The average Bonchev–Trinajstić information content (AvgIpc) is 2.63. The van der Waals surface area contributed by atoms with Gasteiger partial charge in [0.25, 0.3) is 0 Å². The molecule has 0 atom stereocenters. The van der Waals surface area contributed by atoms with Crippen LogP contribution < -0.4 is 0 Å². The highest BCUT2D eigenvalue weighted by atomic mass is 32.2. The molecule has 0 saturated carbocycles. The van der Waals surface area contributed by atoms with Crippen LogP contribution in [0.2, 0.25) is 0 Å². The van der Waals surface area contributed by atoms with Crippen molar-refractivity contribution in [3.8, 4) is 0 Å². The molecule has 150 valence electrons. The third kappa shape index (κ3) is 11.3. The summed E-state index contributed by atoms with van der Waals surface area (Å²) >= 11 is 1.58. The Hall–Kier alpha value is -1.40. The highest BCUT2D eigenvalue weighted by molar-refractivity contribution is 7.97. The van der Waals surface area contributed by atoms with Gasteiger partial charge in [-0.2, -0.15) is 0 Å². The molecule has 0 N–H and O–H groups in total. The molecule has 1 heterocycles. The minimum Gasteiger partial charge on any atom is -0.468 e. The molecule has 0 saturated heterocycles. The second-order valence-corrected chi connectivity index (χ2v) is 6.61. The highest BCUT2D eigenvalue weighted by Gasteiger charge is 2.17. The maximum atomic E-state index is 11.7. The third-order valence-corrected chi connectivity index (χ3v) is 4.18. The van der Waals surface area contributed by atoms with Gasteiger partial charge in [-0.15, -0.1) is 0 Å². The van der Waals surface area contributed by atoms with Gasteiger partial charge >= 0.3 is 5.97 Å². The fourth-order valence-corrected chi connectivity index (χ4v) is 2.70. The summed E-state index contributed by atoms with van der Waals surface area (Å²) < 4.78 is 6.65. The molecule has 0 fully saturated rings. The van der Waals surface area contributed by atoms with Crippen LogP contribution in [-0.2, 0) is 16.1 Å². The van der Waals surface area contributed by atoms with E-state index in [9.17, 15) is 9.59 Å². The zero-order valence-corrected chi connectivity index (χ0v) is 18.5. The number of esters is 1. The summed E-state index contributed by atoms with van der Waals surface area (Å²) in [4.78, 5) is 27.4. The van der Waals surface area contributed by atoms with Gasteiger partial charge in [0, 0.05) is 25.4 Å². The number of nitrogens with zero attached hydrogens (tertiary/aromatic N) is 2. The Bertz CT molecular complexity index is 522. The average molecular weight is 385 g/mol. The first-order valence-electron chi connectivity index (χ1n) is 9.31. The number of carbonyl (C=O) groups is 2. The van der Waals surface area contributed by atoms with E-state index in [0.717, 1.165) is 23.3 Å². The van der Waals surface area contributed by atoms with Crippen molar-refractivity contribution < 1.29 is 14.3 Å². The Kier molecular flexibility index (Phi) is 17.6. The quantitative estimate of drug-likeness (QED) is 0.354. The van der Waals surface area contributed by atoms with Gasteiger partial charge in [-0.25, -0.2) is 4.31 Å². The fraction of sp³-hybridized carbons (Fsp3) is 0.650. The van der Waals surface area contributed by atoms with E-state index >= 15 is 0 Å². The molecule has 0 amide bonds. The number of aryl methyl sites for hydroxylation is 1. The van der Waals surface area contributed by atoms with Crippen molar-refractivity contribution in [1.82, 2.24) is 9.29 Å². The van der Waals surface area contributed by atoms with Gasteiger partial charge in [0.15, 0.2) is 5.78 Å². The number of aromatic nitrogens is 1. The van der Waals surface area contributed by atoms with E-state index < -0.39 is 0 Å². The number of hydrogen-bond donors (Lipinski definition) is 0. The molecule has 5 nitrogen and oxygen atoms in total. The van der Waals surface area contributed by atoms with E-state index in [4.69, 9.17) is 4.74 Å². The van der Waals surface area contributed by atoms with Gasteiger partial charge < -0.3 is 4.74 Å². The van der Waals surface area contributed by atoms with Crippen LogP contribution in [0.25, 0.3) is 0 Å². The summed E-state index contributed by atoms with van der Waals surface area (Å²) in [5.41, 5.74) is 2.35. The predicted molar refractivity (Wildman–Crippen MR) is 111 cm³/mol. The van der Waals surface area contributed by atoms with Gasteiger partial charge in [-0.05, 0) is 30.5 Å². The molecule has 0 aliphatic rings. The van der Waals surface area contributed by atoms with Crippen molar-refractivity contribution in [2.24, 2.45) is 0 Å². The van der Waals surface area contributed by atoms with E-state index in [2.05, 4.69) is 25.8 Å². The summed E-state index contributed by atoms with van der Waals surface area (Å²) in [6, 6.07) is 1.88. The van der Waals surface area contributed by atoms with Crippen molar-refractivity contribution in [3.05, 3.63) is 29.1 Å². The Morgan fingerprint density at radius 1 is 1.23 bits per heavy atom. The second kappa shape index (κ2) is 17.0. The standard InChI is InChI=1S/C15H22N2O3S.C3H8.C2H6/c1-5-8-21-17(10-14(19)20-4)9-13-11(2)6-7-16-15(13)12(3)18;1-3-2;1-2/h6-7H,5,8-10H2,1-4H3;3H2,1-2H3;1-2H3. The van der Waals surface area contributed by atoms with Crippen LogP contribution in [0.15, 0.2) is 12.3 Å². The zero-order valence-electron chi connectivity index (χ0n) is 17.7. The lowest BCUT2D eigenvalue weighted by Crippen LogP contribution is -2.26. The molecule has 0 bridgehead atoms. The van der Waals surface area contributed by atoms with Gasteiger partial charge in [-0.3, -0.25) is 14.6 Å². The van der Waals surface area contributed by atoms with Gasteiger partial charge in [0.2, 0.25) is 0 Å². The number of pyridine rings is 1. The summed E-state index contributed by atoms with van der Waals surface area (Å²) in [6.07, 6.45) is 3.90. The zero-order chi connectivity index (χ0) is 20.5. The van der Waals surface area contributed by atoms with Gasteiger partial charge in [0.05, 0.1) is 7.11 Å². The molecule has 1 aromatic heterocycles. The molecule has 0 radical (unpaired) electrons. The minimum absolute atomic E-state index is 0.0628. The number of rotatable bonds is 8. The molecule has 1 rings (SSSR count). The lowest BCUT2D eigenvalue weighted by atomic mass is 10.1. The number of Topliss-reactive ketones (excluding diaryl/α,β-unsaturated/α-hetero) is 1. The molecule has 0 spiro atoms. The van der Waals surface area contributed by atoms with Crippen LogP contribution in [0.4, 0.5) is 0 Å². The first kappa shape index (κ1) is 26.8. The molecule has 1 aromatic rings. The van der Waals surface area contributed by atoms with Crippen molar-refractivity contribution in [1.29, 1.82) is 0 Å². The second-order valence-electron chi connectivity index (χ2n) is 5.43. The first-order chi connectivity index (χ1) is 12.4. The van der Waals surface area contributed by atoms with Crippen LogP contribution in [0, 0.1) is 6.92 Å². The lowest BCUT2D eigenvalue weighted by molar-refractivity contribution is -0.140. The number of ether oxygens (including phenoxy) is 1. The lowest BCUT2D eigenvalue weighted by Gasteiger charge is -2.21. The van der Waals surface area contributed by atoms with Crippen LogP contribution in [0.3, 0.4) is 0 Å². The Morgan fingerprint density at radius 3 is 2.27 bits per heavy atom. The first-order valence-corrected chi connectivity index (χ1v) is 10.2. The van der Waals surface area contributed by atoms with Crippen LogP contribution in [0.1, 0.15) is 76.0 Å². The molecule has 26 heavy (non-hydrogen) atoms. The van der Waals surface area contributed by atoms with Gasteiger partial charge in [-0.1, -0.05) is 53.0 Å². The third-order valence-electron chi connectivity index (χ3n) is 2.97. The van der Waals surface area contributed by atoms with E-state index in [0.29, 0.717) is 12.2 Å². The Labute approximate surface area is 164 Å². The van der Waals surface area contributed by atoms with Gasteiger partial charge in [0.1, 0.15) is 12.2 Å². The molecule has 0 aliphatic heterocycles. The summed E-state index contributed by atoms with van der Waals surface area (Å²) in [5, 5.41) is 0. The Morgan fingerprint density at radius 2 is 1.81 bits per heavy atom. The number of hydrogen-bond acceptors (Lipinski definition) is 6. The summed E-state index contributed by atoms with van der Waals surface area (Å²) in [6.45, 7) is 14.5. The Balaban J connectivity index is 0. The monoisotopic (exact) mass is 384 g/mol. The van der Waals surface area contributed by atoms with Crippen molar-refractivity contribution in [2.75, 3.05) is 19.4 Å². The molecular weight excluding hydrogens is 348 g/mol. The molecule has 6 heteroatoms. The number of methoxy groups -OCH3 is 1. The number of ketones is 1. The SMILES string of the molecule is CC.CCC.CCCSN(CC(=O)OC)Cc1c(C)ccnc1C(C)=O. The van der Waals surface area contributed by atoms with E-state index in [1.807, 2.05) is 31.1 Å². The van der Waals surface area contributed by atoms with E-state index in [1.165, 1.54) is 20.5 Å². The smallest absolute Gasteiger partial charge is 0.320 e. The van der Waals surface area contributed by atoms with Crippen molar-refractivity contribution in [3.63, 3.8) is 0 Å². The minimum atomic E-state index is -0.287. The topological polar surface area (TPSA) is 59.5 Å². The molecule has 0 aliphatic carbocycles. The normalized spacial score (nSPS) is 9.58. The van der Waals surface area contributed by atoms with E-state index in [1.54, 1.807) is 18.1 Å². The fourth-order valence-electron chi connectivity index (χ4n) is 1.84. The van der Waals surface area contributed by atoms with Crippen LogP contribution in [-0.4, -0.2) is 40.4 Å². The maximum absolute atomic E-state index is 11.7. The summed E-state index contributed by atoms with van der Waals surface area (Å²) in [5.74, 6) is 0.558. The molecule has 0 unspecified atom stereocenters. The van der Waals surface area contributed by atoms with Crippen LogP contribution in [0.5, 0.6) is 0 Å². The summed E-state index contributed by atoms with van der Waals surface area (Å²) in [7, 11) is 1.38. The van der Waals surface area contributed by atoms with E-state index in [-0.39, 0.29) is 18.3 Å². The molecule has 0 aromatic carbocycles. The predicted octanol–water partition coefficient (Wildman–Crippen LogP) is 5.07. The van der Waals surface area contributed by atoms with Crippen molar-refractivity contribution >= 4 is 23.7 Å². The maximum Gasteiger partial charge on any atom is 0.320 e.